The van der Waals surface area contributed by atoms with Crippen LogP contribution in [0.1, 0.15) is 24.0 Å². The molecule has 18 heteroatoms. The number of halogens is 3. The summed E-state index contributed by atoms with van der Waals surface area (Å²) in [6.45, 7) is -0.0120. The van der Waals surface area contributed by atoms with Crippen molar-refractivity contribution in [2.45, 2.75) is 29.9 Å². The highest BCUT2D eigenvalue weighted by atomic mass is 35.5. The minimum atomic E-state index is -4.61. The number of aryl methyl sites for hydroxylation is 1. The van der Waals surface area contributed by atoms with E-state index in [9.17, 15) is 41.6 Å². The maximum Gasteiger partial charge on any atom is 0.293 e. The van der Waals surface area contributed by atoms with Crippen molar-refractivity contribution >= 4 is 49.5 Å². The van der Waals surface area contributed by atoms with Crippen molar-refractivity contribution in [1.29, 1.82) is 0 Å². The van der Waals surface area contributed by atoms with Crippen LogP contribution in [0, 0.1) is 31.9 Å². The molecule has 0 spiro atoms. The zero-order chi connectivity index (χ0) is 33.6. The third kappa shape index (κ3) is 8.55. The first-order chi connectivity index (χ1) is 21.7. The van der Waals surface area contributed by atoms with Gasteiger partial charge in [0.05, 0.1) is 28.3 Å². The molecule has 0 saturated heterocycles. The number of aromatic nitrogens is 2. The van der Waals surface area contributed by atoms with Gasteiger partial charge in [0.25, 0.3) is 21.4 Å². The normalized spacial score (nSPS) is 12.0. The van der Waals surface area contributed by atoms with Gasteiger partial charge in [0.1, 0.15) is 17.3 Å². The Bertz CT molecular complexity index is 1950. The lowest BCUT2D eigenvalue weighted by Crippen LogP contribution is -2.16. The van der Waals surface area contributed by atoms with E-state index in [4.69, 9.17) is 16.3 Å². The Morgan fingerprint density at radius 1 is 1.04 bits per heavy atom. The van der Waals surface area contributed by atoms with Crippen LogP contribution >= 0.6 is 11.6 Å². The molecule has 0 bridgehead atoms. The van der Waals surface area contributed by atoms with Crippen LogP contribution in [0.15, 0.2) is 65.7 Å². The summed E-state index contributed by atoms with van der Waals surface area (Å²) in [6, 6.07) is 10.5. The molecule has 1 heterocycles. The van der Waals surface area contributed by atoms with E-state index in [1.54, 1.807) is 0 Å². The highest BCUT2D eigenvalue weighted by molar-refractivity contribution is 7.92. The molecule has 13 nitrogen and oxygen atoms in total. The highest BCUT2D eigenvalue weighted by Gasteiger charge is 2.29. The molecule has 0 aliphatic carbocycles. The van der Waals surface area contributed by atoms with Crippen molar-refractivity contribution < 1.29 is 36.0 Å². The Hall–Kier alpha value is -4.61. The summed E-state index contributed by atoms with van der Waals surface area (Å²) in [5.41, 5.74) is -1.11. The van der Waals surface area contributed by atoms with Crippen molar-refractivity contribution in [3.05, 3.63) is 109 Å². The number of nitrogens with one attached hydrogen (secondary N) is 1. The molecule has 0 aliphatic heterocycles. The highest BCUT2D eigenvalue weighted by Crippen LogP contribution is 2.33. The largest absolute Gasteiger partial charge is 0.493 e. The van der Waals surface area contributed by atoms with Crippen LogP contribution in [0.25, 0.3) is 11.3 Å². The summed E-state index contributed by atoms with van der Waals surface area (Å²) in [5.74, 6) is -1.56. The summed E-state index contributed by atoms with van der Waals surface area (Å²) < 4.78 is 74.4. The fourth-order valence-electron chi connectivity index (χ4n) is 4.51. The first kappa shape index (κ1) is 34.3. The standard InChI is InChI=1S/C28H24ClF2N5O8S2/c1-45(41)16-17-11-20(14-21(12-17)35(37)38)34-46(42,43)25-7-4-6-18(27(25)36(39)40)5-2-3-10-44-24-13-19(30)8-9-22(24)26-23(31)15-32-28(29)33-26/h4,6-9,11-15,34H,2-3,5,10,16H2,1H3. The molecule has 1 atom stereocenters. The average molecular weight is 696 g/mol. The monoisotopic (exact) mass is 695 g/mol. The number of hydrogen-bond acceptors (Lipinski definition) is 10. The summed E-state index contributed by atoms with van der Waals surface area (Å²) >= 11 is 5.78. The Labute approximate surface area is 268 Å². The molecule has 4 aromatic rings. The van der Waals surface area contributed by atoms with Crippen molar-refractivity contribution in [2.75, 3.05) is 17.6 Å². The van der Waals surface area contributed by atoms with Crippen LogP contribution in [0.3, 0.4) is 0 Å². The second-order valence-corrected chi connectivity index (χ2v) is 13.2. The van der Waals surface area contributed by atoms with Crippen LogP contribution in [-0.2, 0) is 33.0 Å². The molecule has 1 unspecified atom stereocenters. The Morgan fingerprint density at radius 3 is 2.50 bits per heavy atom. The van der Waals surface area contributed by atoms with E-state index >= 15 is 0 Å². The average Bonchev–Trinajstić information content (AvgIpc) is 2.97. The van der Waals surface area contributed by atoms with E-state index < -0.39 is 58.6 Å². The number of nitrogens with zero attached hydrogens (tertiary/aromatic N) is 4. The van der Waals surface area contributed by atoms with Crippen LogP contribution in [0.2, 0.25) is 5.28 Å². The van der Waals surface area contributed by atoms with Gasteiger partial charge in [-0.3, -0.25) is 29.2 Å². The van der Waals surface area contributed by atoms with Gasteiger partial charge < -0.3 is 4.74 Å². The van der Waals surface area contributed by atoms with Crippen LogP contribution in [0.5, 0.6) is 5.75 Å². The number of ether oxygens (including phenoxy) is 1. The summed E-state index contributed by atoms with van der Waals surface area (Å²) in [7, 11) is -6.00. The lowest BCUT2D eigenvalue weighted by Gasteiger charge is -2.13. The van der Waals surface area contributed by atoms with Crippen LogP contribution < -0.4 is 9.46 Å². The molecule has 242 valence electrons. The number of rotatable bonds is 14. The Kier molecular flexibility index (Phi) is 10.9. The third-order valence-corrected chi connectivity index (χ3v) is 8.71. The molecule has 4 rings (SSSR count). The third-order valence-electron chi connectivity index (χ3n) is 6.38. The van der Waals surface area contributed by atoms with Gasteiger partial charge in [-0.05, 0) is 60.7 Å². The number of anilines is 1. The van der Waals surface area contributed by atoms with Gasteiger partial charge in [0.15, 0.2) is 10.7 Å². The SMILES string of the molecule is CS(=O)Cc1cc(NS(=O)(=O)c2cccc(CCCCOc3cc(F)ccc3-c3nc(Cl)ncc3F)c2[N+](=O)[O-])cc([N+](=O)[O-])c1. The molecule has 1 N–H and O–H groups in total. The summed E-state index contributed by atoms with van der Waals surface area (Å²) in [5, 5.41) is 23.2. The number of nitro groups is 2. The number of nitro benzene ring substituents is 2. The summed E-state index contributed by atoms with van der Waals surface area (Å²) in [6.07, 6.45) is 2.85. The molecule has 1 aromatic heterocycles. The molecule has 46 heavy (non-hydrogen) atoms. The van der Waals surface area contributed by atoms with Gasteiger partial charge in [-0.2, -0.15) is 0 Å². The molecular weight excluding hydrogens is 672 g/mol. The summed E-state index contributed by atoms with van der Waals surface area (Å²) in [4.78, 5) is 28.6. The fraction of sp³-hybridized carbons (Fsp3) is 0.214. The molecule has 0 radical (unpaired) electrons. The van der Waals surface area contributed by atoms with Crippen molar-refractivity contribution in [2.24, 2.45) is 0 Å². The number of benzene rings is 3. The van der Waals surface area contributed by atoms with Crippen LogP contribution in [0.4, 0.5) is 25.8 Å². The quantitative estimate of drug-likeness (QED) is 0.0713. The number of non-ortho nitro benzene ring substituents is 1. The molecule has 3 aromatic carbocycles. The number of para-hydroxylation sites is 1. The fourth-order valence-corrected chi connectivity index (χ4v) is 6.53. The van der Waals surface area contributed by atoms with Crippen molar-refractivity contribution in [1.82, 2.24) is 9.97 Å². The molecule has 0 saturated carbocycles. The second kappa shape index (κ2) is 14.7. The van der Waals surface area contributed by atoms with E-state index in [2.05, 4.69) is 14.7 Å². The maximum atomic E-state index is 14.3. The molecule has 0 aliphatic rings. The zero-order valence-electron chi connectivity index (χ0n) is 23.8. The predicted octanol–water partition coefficient (Wildman–Crippen LogP) is 5.97. The smallest absolute Gasteiger partial charge is 0.293 e. The molecular formula is C28H24ClF2N5O8S2. The van der Waals surface area contributed by atoms with Gasteiger partial charge in [-0.25, -0.2) is 27.2 Å². The minimum Gasteiger partial charge on any atom is -0.493 e. The van der Waals surface area contributed by atoms with E-state index in [1.807, 2.05) is 0 Å². The maximum absolute atomic E-state index is 14.3. The number of unbranched alkanes of at least 4 members (excludes halogenated alkanes) is 1. The van der Waals surface area contributed by atoms with Gasteiger partial charge in [-0.1, -0.05) is 12.1 Å². The molecule has 0 amide bonds. The molecule has 0 fully saturated rings. The topological polar surface area (TPSA) is 185 Å². The minimum absolute atomic E-state index is 0.0120. The zero-order valence-corrected chi connectivity index (χ0v) is 26.2. The van der Waals surface area contributed by atoms with Crippen molar-refractivity contribution in [3.63, 3.8) is 0 Å². The van der Waals surface area contributed by atoms with Crippen molar-refractivity contribution in [3.8, 4) is 17.0 Å². The number of sulfonamides is 1. The lowest BCUT2D eigenvalue weighted by atomic mass is 10.1. The van der Waals surface area contributed by atoms with Gasteiger partial charge in [0.2, 0.25) is 5.28 Å². The predicted molar refractivity (Wildman–Crippen MR) is 166 cm³/mol. The Balaban J connectivity index is 1.50. The van der Waals surface area contributed by atoms with E-state index in [0.29, 0.717) is 0 Å². The number of hydrogen-bond donors (Lipinski definition) is 1. The van der Waals surface area contributed by atoms with Crippen LogP contribution in [-0.4, -0.2) is 45.3 Å². The van der Waals surface area contributed by atoms with E-state index in [0.717, 1.165) is 36.5 Å². The van der Waals surface area contributed by atoms with E-state index in [-0.39, 0.29) is 70.7 Å². The Morgan fingerprint density at radius 2 is 1.80 bits per heavy atom. The van der Waals surface area contributed by atoms with E-state index in [1.165, 1.54) is 30.5 Å². The van der Waals surface area contributed by atoms with Gasteiger partial charge in [0, 0.05) is 52.1 Å². The van der Waals surface area contributed by atoms with Gasteiger partial charge >= 0.3 is 0 Å². The first-order valence-electron chi connectivity index (χ1n) is 13.2. The first-order valence-corrected chi connectivity index (χ1v) is 16.8. The van der Waals surface area contributed by atoms with Gasteiger partial charge in [-0.15, -0.1) is 0 Å². The lowest BCUT2D eigenvalue weighted by molar-refractivity contribution is -0.388. The second-order valence-electron chi connectivity index (χ2n) is 9.77.